The minimum atomic E-state index is -0.298. The molecule has 0 aliphatic rings. The Morgan fingerprint density at radius 2 is 1.94 bits per heavy atom. The minimum absolute atomic E-state index is 0.0652. The molecule has 5 heteroatoms. The number of carbonyl (C=O) groups excluding carboxylic acids is 1. The number of halogens is 1. The Morgan fingerprint density at radius 3 is 2.56 bits per heavy atom. The summed E-state index contributed by atoms with van der Waals surface area (Å²) in [6.07, 6.45) is 0. The van der Waals surface area contributed by atoms with Crippen molar-refractivity contribution in [2.75, 3.05) is 5.32 Å². The van der Waals surface area contributed by atoms with Crippen molar-refractivity contribution in [1.82, 2.24) is 5.32 Å². The van der Waals surface area contributed by atoms with E-state index in [0.29, 0.717) is 10.6 Å². The summed E-state index contributed by atoms with van der Waals surface area (Å²) in [4.78, 5) is 11.7. The third kappa shape index (κ3) is 3.37. The molecular weight excluding hydrogens is 296 g/mol. The van der Waals surface area contributed by atoms with Crippen LogP contribution < -0.4 is 10.6 Å². The van der Waals surface area contributed by atoms with Gasteiger partial charge in [0.05, 0.1) is 6.04 Å². The van der Waals surface area contributed by atoms with Crippen molar-refractivity contribution >= 4 is 27.8 Å². The summed E-state index contributed by atoms with van der Waals surface area (Å²) in [5.41, 5.74) is 1.05. The lowest BCUT2D eigenvalue weighted by Crippen LogP contribution is -2.30. The number of nitrogens with one attached hydrogen (secondary N) is 2. The Bertz CT molecular complexity index is 525. The van der Waals surface area contributed by atoms with Crippen molar-refractivity contribution in [2.45, 2.75) is 13.0 Å². The van der Waals surface area contributed by atoms with Gasteiger partial charge in [-0.15, -0.1) is 0 Å². The summed E-state index contributed by atoms with van der Waals surface area (Å²) in [7, 11) is 0. The molecule has 0 aliphatic heterocycles. The van der Waals surface area contributed by atoms with E-state index in [4.69, 9.17) is 4.42 Å². The van der Waals surface area contributed by atoms with Crippen LogP contribution in [0.25, 0.3) is 0 Å². The fraction of sp³-hybridized carbons (Fsp3) is 0.154. The van der Waals surface area contributed by atoms with E-state index in [2.05, 4.69) is 26.6 Å². The van der Waals surface area contributed by atoms with Gasteiger partial charge in [-0.2, -0.15) is 0 Å². The number of carbonyl (C=O) groups is 1. The molecule has 0 bridgehead atoms. The maximum atomic E-state index is 11.7. The van der Waals surface area contributed by atoms with Gasteiger partial charge in [-0.25, -0.2) is 4.79 Å². The molecule has 2 aromatic rings. The maximum Gasteiger partial charge on any atom is 0.322 e. The van der Waals surface area contributed by atoms with Gasteiger partial charge >= 0.3 is 6.03 Å². The molecule has 1 unspecified atom stereocenters. The number of furan rings is 1. The molecule has 0 radical (unpaired) electrons. The number of hydrogen-bond donors (Lipinski definition) is 2. The lowest BCUT2D eigenvalue weighted by Gasteiger charge is -2.14. The molecule has 2 amide bonds. The molecule has 1 atom stereocenters. The molecule has 4 nitrogen and oxygen atoms in total. The molecule has 18 heavy (non-hydrogen) atoms. The first-order valence-electron chi connectivity index (χ1n) is 5.53. The van der Waals surface area contributed by atoms with E-state index in [9.17, 15) is 4.79 Å². The van der Waals surface area contributed by atoms with E-state index >= 15 is 0 Å². The second-order valence-electron chi connectivity index (χ2n) is 3.83. The Hall–Kier alpha value is -1.75. The first-order valence-corrected chi connectivity index (χ1v) is 6.32. The predicted octanol–water partition coefficient (Wildman–Crippen LogP) is 3.92. The highest BCUT2D eigenvalue weighted by Gasteiger charge is 2.10. The number of hydrogen-bond acceptors (Lipinski definition) is 2. The molecule has 2 N–H and O–H groups in total. The summed E-state index contributed by atoms with van der Waals surface area (Å²) < 4.78 is 5.76. The Kier molecular flexibility index (Phi) is 4.04. The van der Waals surface area contributed by atoms with Crippen molar-refractivity contribution < 1.29 is 9.21 Å². The van der Waals surface area contributed by atoms with Crippen LogP contribution >= 0.6 is 15.9 Å². The standard InChI is InChI=1S/C13H13BrN2O2/c1-9(10-5-3-2-4-6-10)15-13(17)16-12-8-7-11(14)18-12/h2-9H,1H3,(H2,15,16,17). The van der Waals surface area contributed by atoms with Gasteiger partial charge in [-0.05, 0) is 34.5 Å². The molecule has 2 rings (SSSR count). The van der Waals surface area contributed by atoms with Gasteiger partial charge in [-0.3, -0.25) is 5.32 Å². The van der Waals surface area contributed by atoms with Gasteiger partial charge in [0, 0.05) is 6.07 Å². The van der Waals surface area contributed by atoms with E-state index in [1.54, 1.807) is 12.1 Å². The zero-order valence-electron chi connectivity index (χ0n) is 9.81. The van der Waals surface area contributed by atoms with Crippen LogP contribution in [0.5, 0.6) is 0 Å². The Labute approximate surface area is 114 Å². The van der Waals surface area contributed by atoms with Crippen LogP contribution in [0.4, 0.5) is 10.7 Å². The average molecular weight is 309 g/mol. The summed E-state index contributed by atoms with van der Waals surface area (Å²) in [5.74, 6) is 0.402. The summed E-state index contributed by atoms with van der Waals surface area (Å²) in [6, 6.07) is 12.8. The summed E-state index contributed by atoms with van der Waals surface area (Å²) in [5, 5.41) is 5.45. The van der Waals surface area contributed by atoms with Crippen LogP contribution in [-0.4, -0.2) is 6.03 Å². The summed E-state index contributed by atoms with van der Waals surface area (Å²) >= 11 is 3.17. The fourth-order valence-electron chi connectivity index (χ4n) is 1.55. The van der Waals surface area contributed by atoms with E-state index in [0.717, 1.165) is 5.56 Å². The van der Waals surface area contributed by atoms with Crippen LogP contribution in [0, 0.1) is 0 Å². The largest absolute Gasteiger partial charge is 0.434 e. The van der Waals surface area contributed by atoms with E-state index in [1.807, 2.05) is 37.3 Å². The second-order valence-corrected chi connectivity index (χ2v) is 4.62. The van der Waals surface area contributed by atoms with Gasteiger partial charge in [0.25, 0.3) is 0 Å². The normalized spacial score (nSPS) is 11.9. The smallest absolute Gasteiger partial charge is 0.322 e. The molecular formula is C13H13BrN2O2. The molecule has 0 spiro atoms. The van der Waals surface area contributed by atoms with Crippen LogP contribution in [0.1, 0.15) is 18.5 Å². The number of amides is 2. The van der Waals surface area contributed by atoms with Gasteiger partial charge in [-0.1, -0.05) is 30.3 Å². The number of rotatable bonds is 3. The molecule has 1 aromatic heterocycles. The monoisotopic (exact) mass is 308 g/mol. The SMILES string of the molecule is CC(NC(=O)Nc1ccc(Br)o1)c1ccccc1. The predicted molar refractivity (Wildman–Crippen MR) is 73.4 cm³/mol. The Balaban J connectivity index is 1.92. The fourth-order valence-corrected chi connectivity index (χ4v) is 1.86. The molecule has 0 saturated carbocycles. The first-order chi connectivity index (χ1) is 8.65. The average Bonchev–Trinajstić information content (AvgIpc) is 2.75. The molecule has 94 valence electrons. The van der Waals surface area contributed by atoms with Crippen LogP contribution in [-0.2, 0) is 0 Å². The molecule has 1 aromatic carbocycles. The van der Waals surface area contributed by atoms with Crippen molar-refractivity contribution in [2.24, 2.45) is 0 Å². The van der Waals surface area contributed by atoms with Gasteiger partial charge in [0.1, 0.15) is 0 Å². The van der Waals surface area contributed by atoms with Crippen LogP contribution in [0.3, 0.4) is 0 Å². The van der Waals surface area contributed by atoms with E-state index < -0.39 is 0 Å². The van der Waals surface area contributed by atoms with Crippen molar-refractivity contribution in [3.8, 4) is 0 Å². The summed E-state index contributed by atoms with van der Waals surface area (Å²) in [6.45, 7) is 1.92. The molecule has 1 heterocycles. The van der Waals surface area contributed by atoms with Crippen molar-refractivity contribution in [3.05, 3.63) is 52.7 Å². The van der Waals surface area contributed by atoms with Crippen LogP contribution in [0.2, 0.25) is 0 Å². The van der Waals surface area contributed by atoms with Crippen molar-refractivity contribution in [3.63, 3.8) is 0 Å². The lowest BCUT2D eigenvalue weighted by atomic mass is 10.1. The highest BCUT2D eigenvalue weighted by molar-refractivity contribution is 9.10. The highest BCUT2D eigenvalue weighted by Crippen LogP contribution is 2.18. The van der Waals surface area contributed by atoms with E-state index in [-0.39, 0.29) is 12.1 Å². The zero-order valence-corrected chi connectivity index (χ0v) is 11.4. The van der Waals surface area contributed by atoms with Gasteiger partial charge in [0.15, 0.2) is 4.67 Å². The topological polar surface area (TPSA) is 54.3 Å². The van der Waals surface area contributed by atoms with Gasteiger partial charge in [0.2, 0.25) is 5.88 Å². The Morgan fingerprint density at radius 1 is 1.22 bits per heavy atom. The molecule has 0 fully saturated rings. The van der Waals surface area contributed by atoms with Crippen LogP contribution in [0.15, 0.2) is 51.6 Å². The van der Waals surface area contributed by atoms with Crippen molar-refractivity contribution in [1.29, 1.82) is 0 Å². The number of anilines is 1. The second kappa shape index (κ2) is 5.73. The maximum absolute atomic E-state index is 11.7. The molecule has 0 saturated heterocycles. The quantitative estimate of drug-likeness (QED) is 0.902. The zero-order chi connectivity index (χ0) is 13.0. The highest BCUT2D eigenvalue weighted by atomic mass is 79.9. The third-order valence-corrected chi connectivity index (χ3v) is 2.88. The molecule has 0 aliphatic carbocycles. The number of urea groups is 1. The lowest BCUT2D eigenvalue weighted by molar-refractivity contribution is 0.249. The third-order valence-electron chi connectivity index (χ3n) is 2.46. The first kappa shape index (κ1) is 12.7. The number of benzene rings is 1. The van der Waals surface area contributed by atoms with Gasteiger partial charge < -0.3 is 9.73 Å². The van der Waals surface area contributed by atoms with E-state index in [1.165, 1.54) is 0 Å². The minimum Gasteiger partial charge on any atom is -0.434 e.